The van der Waals surface area contributed by atoms with E-state index >= 15 is 0 Å². The second-order valence-electron chi connectivity index (χ2n) is 5.64. The van der Waals surface area contributed by atoms with Crippen LogP contribution in [-0.2, 0) is 0 Å². The van der Waals surface area contributed by atoms with Crippen LogP contribution in [0, 0.1) is 0 Å². The summed E-state index contributed by atoms with van der Waals surface area (Å²) >= 11 is 4.64. The zero-order valence-electron chi connectivity index (χ0n) is 14.4. The van der Waals surface area contributed by atoms with E-state index in [1.54, 1.807) is 0 Å². The number of nitrogen functional groups attached to an aromatic ring is 1. The predicted molar refractivity (Wildman–Crippen MR) is 96.8 cm³/mol. The fourth-order valence-electron chi connectivity index (χ4n) is 2.46. The van der Waals surface area contributed by atoms with Crippen LogP contribution < -0.4 is 10.6 Å². The molecule has 124 valence electrons. The lowest BCUT2D eigenvalue weighted by molar-refractivity contribution is -0.890. The molecule has 1 saturated heterocycles. The van der Waals surface area contributed by atoms with Crippen molar-refractivity contribution in [2.24, 2.45) is 0 Å². The van der Waals surface area contributed by atoms with E-state index < -0.39 is 0 Å². The Morgan fingerprint density at radius 1 is 1.14 bits per heavy atom. The molecule has 0 atom stereocenters. The molecule has 0 amide bonds. The highest BCUT2D eigenvalue weighted by molar-refractivity contribution is 6.15. The molecule has 22 heavy (non-hydrogen) atoms. The Bertz CT molecular complexity index is 569. The molecule has 2 aromatic heterocycles. The molecule has 1 aliphatic heterocycles. The van der Waals surface area contributed by atoms with Gasteiger partial charge < -0.3 is 15.1 Å². The van der Waals surface area contributed by atoms with Gasteiger partial charge in [0.15, 0.2) is 5.82 Å². The van der Waals surface area contributed by atoms with Crippen LogP contribution in [-0.4, -0.2) is 60.8 Å². The SMILES string of the molecule is CC.CCl.C[N+]1(C)CCN(c2nn3ccccc3c2N)CC1. The maximum atomic E-state index is 6.21. The van der Waals surface area contributed by atoms with E-state index in [9.17, 15) is 0 Å². The number of fused-ring (bicyclic) bond motifs is 1. The van der Waals surface area contributed by atoms with Crippen molar-refractivity contribution in [3.8, 4) is 0 Å². The van der Waals surface area contributed by atoms with E-state index in [1.807, 2.05) is 42.8 Å². The highest BCUT2D eigenvalue weighted by Gasteiger charge is 2.27. The highest BCUT2D eigenvalue weighted by atomic mass is 35.5. The number of hydrogen-bond donors (Lipinski definition) is 1. The number of aromatic nitrogens is 2. The van der Waals surface area contributed by atoms with Crippen molar-refractivity contribution < 1.29 is 4.48 Å². The normalized spacial score (nSPS) is 16.4. The van der Waals surface area contributed by atoms with Gasteiger partial charge in [0.05, 0.1) is 45.8 Å². The summed E-state index contributed by atoms with van der Waals surface area (Å²) in [4.78, 5) is 2.30. The molecule has 0 bridgehead atoms. The molecule has 3 heterocycles. The summed E-state index contributed by atoms with van der Waals surface area (Å²) in [7, 11) is 4.54. The van der Waals surface area contributed by atoms with Crippen LogP contribution in [0.4, 0.5) is 11.5 Å². The lowest BCUT2D eigenvalue weighted by Gasteiger charge is -2.39. The van der Waals surface area contributed by atoms with Crippen molar-refractivity contribution in [2.75, 3.05) is 57.3 Å². The van der Waals surface area contributed by atoms with Gasteiger partial charge in [0.2, 0.25) is 0 Å². The molecule has 1 aliphatic rings. The quantitative estimate of drug-likeness (QED) is 0.647. The van der Waals surface area contributed by atoms with Crippen molar-refractivity contribution in [3.05, 3.63) is 24.4 Å². The van der Waals surface area contributed by atoms with Gasteiger partial charge in [0.25, 0.3) is 0 Å². The number of anilines is 2. The molecule has 0 unspecified atom stereocenters. The molecule has 0 spiro atoms. The van der Waals surface area contributed by atoms with E-state index in [2.05, 4.69) is 35.7 Å². The number of likely N-dealkylation sites (N-methyl/N-ethyl adjacent to an activating group) is 1. The summed E-state index contributed by atoms with van der Waals surface area (Å²) in [5.41, 5.74) is 7.99. The standard InChI is InChI=1S/C13H20N5.C2H6.CH3Cl/c1-18(2)9-7-16(8-10-18)13-12(14)11-5-3-4-6-17(11)15-13;2*1-2/h3-6H,7-10,14H2,1-2H3;1-2H3;1H3/q+1;;. The second kappa shape index (κ2) is 8.25. The molecular weight excluding hydrogens is 298 g/mol. The van der Waals surface area contributed by atoms with Gasteiger partial charge in [-0.05, 0) is 12.1 Å². The van der Waals surface area contributed by atoms with Crippen molar-refractivity contribution in [1.29, 1.82) is 0 Å². The van der Waals surface area contributed by atoms with Crippen molar-refractivity contribution in [3.63, 3.8) is 0 Å². The summed E-state index contributed by atoms with van der Waals surface area (Å²) in [6.45, 7) is 8.29. The zero-order chi connectivity index (χ0) is 16.8. The summed E-state index contributed by atoms with van der Waals surface area (Å²) in [5.74, 6) is 0.931. The fraction of sp³-hybridized carbons (Fsp3) is 0.562. The van der Waals surface area contributed by atoms with Crippen LogP contribution in [0.5, 0.6) is 0 Å². The topological polar surface area (TPSA) is 46.6 Å². The van der Waals surface area contributed by atoms with E-state index in [0.29, 0.717) is 0 Å². The molecule has 1 fully saturated rings. The first-order valence-electron chi connectivity index (χ1n) is 7.74. The number of piperazine rings is 1. The van der Waals surface area contributed by atoms with Crippen LogP contribution in [0.2, 0.25) is 0 Å². The molecule has 2 N–H and O–H groups in total. The number of pyridine rings is 1. The first kappa shape index (κ1) is 18.6. The number of nitrogens with zero attached hydrogens (tertiary/aromatic N) is 4. The van der Waals surface area contributed by atoms with Gasteiger partial charge in [-0.1, -0.05) is 19.9 Å². The van der Waals surface area contributed by atoms with E-state index in [4.69, 9.17) is 5.73 Å². The van der Waals surface area contributed by atoms with Gasteiger partial charge in [-0.15, -0.1) is 16.7 Å². The van der Waals surface area contributed by atoms with Gasteiger partial charge >= 0.3 is 0 Å². The number of alkyl halides is 1. The molecule has 0 radical (unpaired) electrons. The molecule has 2 aromatic rings. The maximum absolute atomic E-state index is 6.21. The van der Waals surface area contributed by atoms with Crippen LogP contribution in [0.3, 0.4) is 0 Å². The number of rotatable bonds is 1. The number of halogens is 1. The summed E-state index contributed by atoms with van der Waals surface area (Å²) < 4.78 is 2.93. The Hall–Kier alpha value is -1.46. The molecule has 5 nitrogen and oxygen atoms in total. The number of quaternary nitrogens is 1. The Labute approximate surface area is 138 Å². The van der Waals surface area contributed by atoms with E-state index in [-0.39, 0.29) is 0 Å². The van der Waals surface area contributed by atoms with Gasteiger partial charge in [0.1, 0.15) is 5.69 Å². The smallest absolute Gasteiger partial charge is 0.175 e. The van der Waals surface area contributed by atoms with Gasteiger partial charge in [-0.3, -0.25) is 0 Å². The lowest BCUT2D eigenvalue weighted by Crippen LogP contribution is -2.55. The third-order valence-electron chi connectivity index (χ3n) is 3.81. The molecule has 0 aliphatic carbocycles. The highest BCUT2D eigenvalue weighted by Crippen LogP contribution is 2.27. The molecule has 0 saturated carbocycles. The number of nitrogens with two attached hydrogens (primary N) is 1. The molecule has 6 heteroatoms. The van der Waals surface area contributed by atoms with E-state index in [0.717, 1.165) is 47.7 Å². The first-order chi connectivity index (χ1) is 10.6. The third kappa shape index (κ3) is 4.05. The molecular formula is C16H29ClN5+. The van der Waals surface area contributed by atoms with Gasteiger partial charge in [-0.25, -0.2) is 4.52 Å². The minimum absolute atomic E-state index is 0.794. The Kier molecular flexibility index (Phi) is 6.97. The largest absolute Gasteiger partial charge is 0.394 e. The average molecular weight is 327 g/mol. The molecule has 3 rings (SSSR count). The van der Waals surface area contributed by atoms with Crippen molar-refractivity contribution >= 4 is 28.6 Å². The Morgan fingerprint density at radius 3 is 2.27 bits per heavy atom. The monoisotopic (exact) mass is 326 g/mol. The van der Waals surface area contributed by atoms with Crippen LogP contribution in [0.15, 0.2) is 24.4 Å². The zero-order valence-corrected chi connectivity index (χ0v) is 15.1. The average Bonchev–Trinajstić information content (AvgIpc) is 2.89. The van der Waals surface area contributed by atoms with Crippen LogP contribution in [0.25, 0.3) is 5.52 Å². The minimum atomic E-state index is 0.794. The second-order valence-corrected chi connectivity index (χ2v) is 5.64. The van der Waals surface area contributed by atoms with Crippen molar-refractivity contribution in [2.45, 2.75) is 13.8 Å². The van der Waals surface area contributed by atoms with Crippen LogP contribution in [0.1, 0.15) is 13.8 Å². The first-order valence-corrected chi connectivity index (χ1v) is 8.50. The Balaban J connectivity index is 0.000000561. The van der Waals surface area contributed by atoms with Crippen molar-refractivity contribution in [1.82, 2.24) is 9.61 Å². The lowest BCUT2D eigenvalue weighted by atomic mass is 10.2. The molecule has 0 aromatic carbocycles. The summed E-state index contributed by atoms with van der Waals surface area (Å²) in [6.07, 6.45) is 3.42. The minimum Gasteiger partial charge on any atom is -0.394 e. The maximum Gasteiger partial charge on any atom is 0.175 e. The number of hydrogen-bond acceptors (Lipinski definition) is 3. The van der Waals surface area contributed by atoms with Gasteiger partial charge in [-0.2, -0.15) is 0 Å². The van der Waals surface area contributed by atoms with Gasteiger partial charge in [0, 0.05) is 12.6 Å². The Morgan fingerprint density at radius 2 is 1.73 bits per heavy atom. The summed E-state index contributed by atoms with van der Waals surface area (Å²) in [6, 6.07) is 5.97. The van der Waals surface area contributed by atoms with E-state index in [1.165, 1.54) is 6.38 Å². The summed E-state index contributed by atoms with van der Waals surface area (Å²) in [5, 5.41) is 4.59. The predicted octanol–water partition coefficient (Wildman–Crippen LogP) is 2.69. The van der Waals surface area contributed by atoms with Crippen LogP contribution >= 0.6 is 11.6 Å². The third-order valence-corrected chi connectivity index (χ3v) is 3.81. The fourth-order valence-corrected chi connectivity index (χ4v) is 2.46.